The van der Waals surface area contributed by atoms with Crippen LogP contribution in [0.5, 0.6) is 5.75 Å². The van der Waals surface area contributed by atoms with Gasteiger partial charge in [0.25, 0.3) is 0 Å². The fourth-order valence-corrected chi connectivity index (χ4v) is 3.37. The van der Waals surface area contributed by atoms with E-state index in [9.17, 15) is 14.4 Å². The minimum atomic E-state index is -1.03. The van der Waals surface area contributed by atoms with E-state index in [1.54, 1.807) is 52.1 Å². The van der Waals surface area contributed by atoms with Crippen molar-refractivity contribution in [2.24, 2.45) is 0 Å². The molecule has 1 saturated carbocycles. The van der Waals surface area contributed by atoms with E-state index in [-0.39, 0.29) is 31.5 Å². The molecule has 8 nitrogen and oxygen atoms in total. The number of nitrogens with one attached hydrogen (secondary N) is 1. The van der Waals surface area contributed by atoms with E-state index in [4.69, 9.17) is 18.9 Å². The van der Waals surface area contributed by atoms with Crippen molar-refractivity contribution in [1.82, 2.24) is 5.32 Å². The number of methoxy groups -OCH3 is 1. The molecule has 1 aromatic rings. The number of hydrogen-bond donors (Lipinski definition) is 1. The summed E-state index contributed by atoms with van der Waals surface area (Å²) in [6.45, 7) is 5.21. The van der Waals surface area contributed by atoms with Crippen LogP contribution in [-0.4, -0.2) is 42.9 Å². The summed E-state index contributed by atoms with van der Waals surface area (Å²) in [5.41, 5.74) is 0.0496. The molecule has 0 heterocycles. The van der Waals surface area contributed by atoms with Gasteiger partial charge in [-0.3, -0.25) is 4.79 Å². The van der Waals surface area contributed by atoms with Crippen LogP contribution in [0, 0.1) is 0 Å². The van der Waals surface area contributed by atoms with E-state index in [1.807, 2.05) is 0 Å². The van der Waals surface area contributed by atoms with Crippen LogP contribution in [0.4, 0.5) is 4.79 Å². The van der Waals surface area contributed by atoms with Gasteiger partial charge in [0.05, 0.1) is 7.11 Å². The molecule has 8 heteroatoms. The summed E-state index contributed by atoms with van der Waals surface area (Å²) in [6, 6.07) is 6.07. The molecule has 1 atom stereocenters. The molecule has 32 heavy (non-hydrogen) atoms. The van der Waals surface area contributed by atoms with Crippen LogP contribution in [-0.2, 0) is 30.4 Å². The van der Waals surface area contributed by atoms with E-state index < -0.39 is 23.7 Å². The second-order valence-corrected chi connectivity index (χ2v) is 8.94. The highest BCUT2D eigenvalue weighted by molar-refractivity contribution is 5.82. The molecule has 2 rings (SSSR count). The molecule has 0 bridgehead atoms. The van der Waals surface area contributed by atoms with Crippen molar-refractivity contribution >= 4 is 18.0 Å². The van der Waals surface area contributed by atoms with Crippen molar-refractivity contribution in [3.8, 4) is 5.75 Å². The molecule has 0 aliphatic heterocycles. The van der Waals surface area contributed by atoms with Gasteiger partial charge < -0.3 is 24.3 Å². The van der Waals surface area contributed by atoms with E-state index in [0.29, 0.717) is 5.75 Å². The maximum Gasteiger partial charge on any atom is 0.408 e. The lowest BCUT2D eigenvalue weighted by Crippen LogP contribution is -2.44. The largest absolute Gasteiger partial charge is 0.497 e. The Kier molecular flexibility index (Phi) is 9.81. The van der Waals surface area contributed by atoms with Crippen molar-refractivity contribution in [2.75, 3.05) is 7.11 Å². The molecular formula is C24H35NO7. The molecule has 0 saturated heterocycles. The van der Waals surface area contributed by atoms with Gasteiger partial charge in [0.2, 0.25) is 0 Å². The van der Waals surface area contributed by atoms with Crippen LogP contribution in [0.1, 0.15) is 71.3 Å². The summed E-state index contributed by atoms with van der Waals surface area (Å²) >= 11 is 0. The Balaban J connectivity index is 1.92. The first-order valence-electron chi connectivity index (χ1n) is 11.1. The van der Waals surface area contributed by atoms with Crippen LogP contribution in [0.2, 0.25) is 0 Å². The molecule has 0 aromatic heterocycles. The molecular weight excluding hydrogens is 414 g/mol. The van der Waals surface area contributed by atoms with Crippen molar-refractivity contribution in [2.45, 2.75) is 90.1 Å². The van der Waals surface area contributed by atoms with E-state index in [2.05, 4.69) is 5.32 Å². The summed E-state index contributed by atoms with van der Waals surface area (Å²) in [6.07, 6.45) is 4.26. The predicted molar refractivity (Wildman–Crippen MR) is 118 cm³/mol. The first-order chi connectivity index (χ1) is 15.2. The lowest BCUT2D eigenvalue weighted by molar-refractivity contribution is -0.152. The Labute approximate surface area is 189 Å². The number of hydrogen-bond acceptors (Lipinski definition) is 7. The lowest BCUT2D eigenvalue weighted by atomic mass is 9.98. The summed E-state index contributed by atoms with van der Waals surface area (Å²) < 4.78 is 21.2. The van der Waals surface area contributed by atoms with Crippen molar-refractivity contribution in [3.63, 3.8) is 0 Å². The number of benzene rings is 1. The number of ether oxygens (including phenoxy) is 4. The smallest absolute Gasteiger partial charge is 0.408 e. The zero-order valence-electron chi connectivity index (χ0n) is 19.5. The zero-order chi connectivity index (χ0) is 23.6. The van der Waals surface area contributed by atoms with Gasteiger partial charge >= 0.3 is 18.0 Å². The highest BCUT2D eigenvalue weighted by Gasteiger charge is 2.27. The van der Waals surface area contributed by atoms with E-state index >= 15 is 0 Å². The first-order valence-corrected chi connectivity index (χ1v) is 11.1. The molecule has 0 spiro atoms. The summed E-state index contributed by atoms with van der Waals surface area (Å²) in [5.74, 6) is -0.325. The summed E-state index contributed by atoms with van der Waals surface area (Å²) in [5, 5.41) is 2.52. The Morgan fingerprint density at radius 3 is 2.31 bits per heavy atom. The van der Waals surface area contributed by atoms with Crippen LogP contribution < -0.4 is 10.1 Å². The molecule has 0 radical (unpaired) electrons. The molecule has 1 aliphatic carbocycles. The van der Waals surface area contributed by atoms with Gasteiger partial charge in [0.1, 0.15) is 30.1 Å². The first kappa shape index (κ1) is 25.5. The van der Waals surface area contributed by atoms with Crippen LogP contribution in [0.3, 0.4) is 0 Å². The maximum absolute atomic E-state index is 12.7. The fourth-order valence-electron chi connectivity index (χ4n) is 3.37. The van der Waals surface area contributed by atoms with Crippen molar-refractivity contribution < 1.29 is 33.3 Å². The number of alkyl carbamates (subject to hydrolysis) is 1. The molecule has 1 aliphatic rings. The molecule has 178 valence electrons. The highest BCUT2D eigenvalue weighted by Crippen LogP contribution is 2.21. The maximum atomic E-state index is 12.7. The minimum absolute atomic E-state index is 0.00536. The van der Waals surface area contributed by atoms with E-state index in [0.717, 1.165) is 37.7 Å². The average Bonchev–Trinajstić information content (AvgIpc) is 2.74. The predicted octanol–water partition coefficient (Wildman–Crippen LogP) is 4.29. The lowest BCUT2D eigenvalue weighted by Gasteiger charge is -2.24. The quantitative estimate of drug-likeness (QED) is 0.443. The third-order valence-electron chi connectivity index (χ3n) is 5.00. The van der Waals surface area contributed by atoms with Gasteiger partial charge in [0, 0.05) is 6.42 Å². The van der Waals surface area contributed by atoms with Crippen LogP contribution in [0.25, 0.3) is 0 Å². The van der Waals surface area contributed by atoms with Crippen molar-refractivity contribution in [1.29, 1.82) is 0 Å². The van der Waals surface area contributed by atoms with Gasteiger partial charge in [-0.15, -0.1) is 0 Å². The third-order valence-corrected chi connectivity index (χ3v) is 5.00. The monoisotopic (exact) mass is 449 g/mol. The highest BCUT2D eigenvalue weighted by atomic mass is 16.6. The molecule has 1 fully saturated rings. The molecule has 0 unspecified atom stereocenters. The minimum Gasteiger partial charge on any atom is -0.497 e. The van der Waals surface area contributed by atoms with Gasteiger partial charge in [0.15, 0.2) is 0 Å². The number of carbonyl (C=O) groups excluding carboxylic acids is 3. The number of rotatable bonds is 9. The third kappa shape index (κ3) is 9.58. The van der Waals surface area contributed by atoms with Crippen LogP contribution in [0.15, 0.2) is 24.3 Å². The van der Waals surface area contributed by atoms with Gasteiger partial charge in [-0.25, -0.2) is 9.59 Å². The zero-order valence-corrected chi connectivity index (χ0v) is 19.5. The van der Waals surface area contributed by atoms with Crippen LogP contribution >= 0.6 is 0 Å². The van der Waals surface area contributed by atoms with Gasteiger partial charge in [-0.05, 0) is 70.6 Å². The second-order valence-electron chi connectivity index (χ2n) is 8.94. The fraction of sp³-hybridized carbons (Fsp3) is 0.625. The van der Waals surface area contributed by atoms with Gasteiger partial charge in [-0.1, -0.05) is 18.6 Å². The number of amides is 1. The molecule has 1 amide bonds. The Morgan fingerprint density at radius 2 is 1.72 bits per heavy atom. The normalized spacial score (nSPS) is 15.4. The molecule has 1 aromatic carbocycles. The Hall–Kier alpha value is -2.77. The topological polar surface area (TPSA) is 100 Å². The van der Waals surface area contributed by atoms with Gasteiger partial charge in [-0.2, -0.15) is 0 Å². The number of carbonyl (C=O) groups is 3. The summed E-state index contributed by atoms with van der Waals surface area (Å²) in [4.78, 5) is 37.1. The SMILES string of the molecule is COc1ccc(COC(=O)[C@@H](CCC(=O)OC2CCCCC2)NC(=O)OC(C)(C)C)cc1. The Morgan fingerprint density at radius 1 is 1.06 bits per heavy atom. The number of esters is 2. The standard InChI is InChI=1S/C24H35NO7/c1-24(2,3)32-23(28)25-20(14-15-21(26)31-19-8-6-5-7-9-19)22(27)30-16-17-10-12-18(29-4)13-11-17/h10-13,19-20H,5-9,14-16H2,1-4H3,(H,25,28)/t20-/m1/s1. The molecule has 1 N–H and O–H groups in total. The average molecular weight is 450 g/mol. The second kappa shape index (κ2) is 12.3. The van der Waals surface area contributed by atoms with Crippen molar-refractivity contribution in [3.05, 3.63) is 29.8 Å². The summed E-state index contributed by atoms with van der Waals surface area (Å²) in [7, 11) is 1.57. The van der Waals surface area contributed by atoms with E-state index in [1.165, 1.54) is 0 Å². The Bertz CT molecular complexity index is 749.